The van der Waals surface area contributed by atoms with Gasteiger partial charge in [-0.1, -0.05) is 23.7 Å². The van der Waals surface area contributed by atoms with Crippen molar-refractivity contribution >= 4 is 45.1 Å². The summed E-state index contributed by atoms with van der Waals surface area (Å²) in [6, 6.07) is 10.9. The summed E-state index contributed by atoms with van der Waals surface area (Å²) in [5.74, 6) is -0.417. The van der Waals surface area contributed by atoms with Gasteiger partial charge in [0.15, 0.2) is 5.75 Å². The highest BCUT2D eigenvalue weighted by Gasteiger charge is 2.36. The van der Waals surface area contributed by atoms with Crippen LogP contribution in [-0.2, 0) is 24.1 Å². The lowest BCUT2D eigenvalue weighted by Crippen LogP contribution is -2.23. The van der Waals surface area contributed by atoms with Crippen LogP contribution in [0.4, 0.5) is 5.69 Å². The van der Waals surface area contributed by atoms with Gasteiger partial charge in [-0.25, -0.2) is 4.21 Å². The molecule has 8 heteroatoms. The normalized spacial score (nSPS) is 14.4. The third-order valence-electron chi connectivity index (χ3n) is 4.92. The van der Waals surface area contributed by atoms with Gasteiger partial charge in [0, 0.05) is 48.6 Å². The van der Waals surface area contributed by atoms with Gasteiger partial charge in [-0.3, -0.25) is 14.1 Å². The van der Waals surface area contributed by atoms with Crippen molar-refractivity contribution in [3.05, 3.63) is 64.3 Å². The van der Waals surface area contributed by atoms with Gasteiger partial charge in [-0.15, -0.1) is 0 Å². The van der Waals surface area contributed by atoms with Crippen LogP contribution < -0.4 is 4.31 Å². The second-order valence-electron chi connectivity index (χ2n) is 6.66. The lowest BCUT2D eigenvalue weighted by molar-refractivity contribution is 0.0764. The SMILES string of the molecule is CN(c1c2c(c(O)c3ncccc13)C(=O)N(Cc1cccc(Cl)c1)C2)S(C)=O. The Hall–Kier alpha value is -2.64. The van der Waals surface area contributed by atoms with E-state index in [0.717, 1.165) is 5.56 Å². The van der Waals surface area contributed by atoms with Crippen molar-refractivity contribution in [2.24, 2.45) is 0 Å². The van der Waals surface area contributed by atoms with Crippen molar-refractivity contribution < 1.29 is 14.1 Å². The Morgan fingerprint density at radius 3 is 2.82 bits per heavy atom. The zero-order valence-corrected chi connectivity index (χ0v) is 16.9. The third kappa shape index (κ3) is 3.00. The summed E-state index contributed by atoms with van der Waals surface area (Å²) >= 11 is 6.06. The number of hydrogen-bond donors (Lipinski definition) is 1. The van der Waals surface area contributed by atoms with E-state index in [1.54, 1.807) is 40.8 Å². The van der Waals surface area contributed by atoms with Gasteiger partial charge in [0.1, 0.15) is 16.5 Å². The summed E-state index contributed by atoms with van der Waals surface area (Å²) in [7, 11) is 0.404. The van der Waals surface area contributed by atoms with E-state index in [1.807, 2.05) is 24.3 Å². The molecule has 1 unspecified atom stereocenters. The first kappa shape index (κ1) is 18.7. The molecule has 0 bridgehead atoms. The smallest absolute Gasteiger partial charge is 0.258 e. The molecule has 3 aromatic rings. The van der Waals surface area contributed by atoms with Crippen LogP contribution in [0.2, 0.25) is 5.02 Å². The second-order valence-corrected chi connectivity index (χ2v) is 8.49. The van der Waals surface area contributed by atoms with E-state index in [0.29, 0.717) is 40.3 Å². The van der Waals surface area contributed by atoms with Crippen LogP contribution in [-0.4, -0.2) is 38.4 Å². The molecule has 28 heavy (non-hydrogen) atoms. The molecule has 1 amide bonds. The fourth-order valence-corrected chi connectivity index (χ4v) is 4.28. The molecule has 0 aliphatic carbocycles. The molecule has 1 aliphatic heterocycles. The van der Waals surface area contributed by atoms with Crippen molar-refractivity contribution in [2.45, 2.75) is 13.1 Å². The number of phenolic OH excluding ortho intramolecular Hbond substituents is 1. The van der Waals surface area contributed by atoms with Gasteiger partial charge >= 0.3 is 0 Å². The van der Waals surface area contributed by atoms with Crippen molar-refractivity contribution in [2.75, 3.05) is 17.6 Å². The Kier molecular flexibility index (Phi) is 4.72. The van der Waals surface area contributed by atoms with Crippen LogP contribution in [0.3, 0.4) is 0 Å². The Bertz CT molecular complexity index is 1140. The topological polar surface area (TPSA) is 73.7 Å². The van der Waals surface area contributed by atoms with Gasteiger partial charge in [-0.05, 0) is 29.8 Å². The van der Waals surface area contributed by atoms with Gasteiger partial charge < -0.3 is 10.0 Å². The summed E-state index contributed by atoms with van der Waals surface area (Å²) in [4.78, 5) is 19.0. The number of pyridine rings is 1. The number of anilines is 1. The zero-order valence-electron chi connectivity index (χ0n) is 15.3. The quantitative estimate of drug-likeness (QED) is 0.708. The molecule has 2 heterocycles. The number of carbonyl (C=O) groups excluding carboxylic acids is 1. The van der Waals surface area contributed by atoms with E-state index < -0.39 is 11.0 Å². The number of benzene rings is 2. The maximum absolute atomic E-state index is 13.1. The van der Waals surface area contributed by atoms with Crippen LogP contribution in [0.25, 0.3) is 10.9 Å². The number of hydrogen-bond acceptors (Lipinski definition) is 4. The molecular weight excluding hydrogens is 398 g/mol. The molecule has 6 nitrogen and oxygen atoms in total. The molecule has 1 N–H and O–H groups in total. The van der Waals surface area contributed by atoms with E-state index in [9.17, 15) is 14.1 Å². The highest BCUT2D eigenvalue weighted by molar-refractivity contribution is 7.85. The average Bonchev–Trinajstić information content (AvgIpc) is 2.98. The summed E-state index contributed by atoms with van der Waals surface area (Å²) in [5.41, 5.74) is 2.75. The molecular formula is C20H18ClN3O3S. The molecule has 0 spiro atoms. The molecule has 1 aliphatic rings. The maximum atomic E-state index is 13.1. The Morgan fingerprint density at radius 2 is 2.11 bits per heavy atom. The van der Waals surface area contributed by atoms with Crippen LogP contribution in [0.5, 0.6) is 5.75 Å². The molecule has 2 aromatic carbocycles. The molecule has 1 aromatic heterocycles. The number of nitrogens with zero attached hydrogens (tertiary/aromatic N) is 3. The van der Waals surface area contributed by atoms with E-state index in [-0.39, 0.29) is 17.2 Å². The number of rotatable bonds is 4. The number of fused-ring (bicyclic) bond motifs is 2. The van der Waals surface area contributed by atoms with Crippen molar-refractivity contribution in [1.82, 2.24) is 9.88 Å². The molecule has 144 valence electrons. The van der Waals surface area contributed by atoms with Gasteiger partial charge in [0.05, 0.1) is 11.3 Å². The fraction of sp³-hybridized carbons (Fsp3) is 0.200. The molecule has 0 radical (unpaired) electrons. The maximum Gasteiger partial charge on any atom is 0.258 e. The van der Waals surface area contributed by atoms with Crippen molar-refractivity contribution in [1.29, 1.82) is 0 Å². The van der Waals surface area contributed by atoms with Crippen LogP contribution >= 0.6 is 11.6 Å². The number of phenols is 1. The van der Waals surface area contributed by atoms with Crippen LogP contribution in [0.15, 0.2) is 42.6 Å². The van der Waals surface area contributed by atoms with Crippen LogP contribution in [0.1, 0.15) is 21.5 Å². The fourth-order valence-electron chi connectivity index (χ4n) is 3.60. The highest BCUT2D eigenvalue weighted by Crippen LogP contribution is 2.44. The highest BCUT2D eigenvalue weighted by atomic mass is 35.5. The monoisotopic (exact) mass is 415 g/mol. The van der Waals surface area contributed by atoms with Gasteiger partial charge in [0.2, 0.25) is 0 Å². The van der Waals surface area contributed by atoms with E-state index in [4.69, 9.17) is 11.6 Å². The lowest BCUT2D eigenvalue weighted by atomic mass is 10.0. The first-order valence-corrected chi connectivity index (χ1v) is 10.5. The largest absolute Gasteiger partial charge is 0.505 e. The lowest BCUT2D eigenvalue weighted by Gasteiger charge is -2.22. The predicted octanol–water partition coefficient (Wildman–Crippen LogP) is 3.48. The summed E-state index contributed by atoms with van der Waals surface area (Å²) in [6.07, 6.45) is 3.13. The first-order chi connectivity index (χ1) is 13.4. The minimum absolute atomic E-state index is 0.136. The molecule has 0 saturated heterocycles. The minimum Gasteiger partial charge on any atom is -0.505 e. The average molecular weight is 416 g/mol. The van der Waals surface area contributed by atoms with E-state index in [1.165, 1.54) is 0 Å². The zero-order chi connectivity index (χ0) is 20.0. The molecule has 4 rings (SSSR count). The second kappa shape index (κ2) is 7.07. The summed E-state index contributed by atoms with van der Waals surface area (Å²) in [6.45, 7) is 0.658. The van der Waals surface area contributed by atoms with Gasteiger partial charge in [0.25, 0.3) is 5.91 Å². The van der Waals surface area contributed by atoms with Crippen molar-refractivity contribution in [3.63, 3.8) is 0 Å². The third-order valence-corrected chi connectivity index (χ3v) is 6.11. The Labute approximate surface area is 169 Å². The number of carbonyl (C=O) groups is 1. The number of amides is 1. The summed E-state index contributed by atoms with van der Waals surface area (Å²) in [5, 5.41) is 12.0. The Balaban J connectivity index is 1.87. The number of aromatic nitrogens is 1. The molecule has 0 fully saturated rings. The van der Waals surface area contributed by atoms with E-state index >= 15 is 0 Å². The molecule has 0 saturated carbocycles. The van der Waals surface area contributed by atoms with Gasteiger partial charge in [-0.2, -0.15) is 0 Å². The van der Waals surface area contributed by atoms with Crippen LogP contribution in [0, 0.1) is 0 Å². The Morgan fingerprint density at radius 1 is 1.32 bits per heavy atom. The number of aromatic hydroxyl groups is 1. The molecule has 1 atom stereocenters. The van der Waals surface area contributed by atoms with Crippen molar-refractivity contribution in [3.8, 4) is 5.75 Å². The first-order valence-electron chi connectivity index (χ1n) is 8.62. The standard InChI is InChI=1S/C20H18ClN3O3S/c1-23(28(2)27)18-14-7-4-8-22-17(14)19(25)16-15(18)11-24(20(16)26)10-12-5-3-6-13(21)9-12/h3-9,25H,10-11H2,1-2H3. The predicted molar refractivity (Wildman–Crippen MR) is 111 cm³/mol. The van der Waals surface area contributed by atoms with E-state index in [2.05, 4.69) is 4.98 Å². The number of halogens is 1. The summed E-state index contributed by atoms with van der Waals surface area (Å²) < 4.78 is 13.8. The minimum atomic E-state index is -1.30.